The van der Waals surface area contributed by atoms with E-state index >= 15 is 0 Å². The van der Waals surface area contributed by atoms with Gasteiger partial charge in [-0.3, -0.25) is 4.79 Å². The Labute approximate surface area is 84.5 Å². The normalized spacial score (nSPS) is 21.6. The number of carbonyl (C=O) groups excluding carboxylic acids is 1. The molecule has 1 saturated heterocycles. The summed E-state index contributed by atoms with van der Waals surface area (Å²) in [6.45, 7) is 2.92. The van der Waals surface area contributed by atoms with Crippen LogP contribution >= 0.6 is 0 Å². The van der Waals surface area contributed by atoms with Crippen LogP contribution in [-0.2, 0) is 9.59 Å². The number of rotatable bonds is 0. The van der Waals surface area contributed by atoms with E-state index in [-0.39, 0.29) is 6.04 Å². The number of carboxylic acid groups (broad SMARTS) is 1. The second kappa shape index (κ2) is 5.69. The third-order valence-corrected chi connectivity index (χ3v) is 1.78. The summed E-state index contributed by atoms with van der Waals surface area (Å²) in [5.74, 6) is -2.40. The van der Waals surface area contributed by atoms with E-state index in [0.29, 0.717) is 5.78 Å². The van der Waals surface area contributed by atoms with Gasteiger partial charge in [-0.25, -0.2) is 4.79 Å². The molecule has 0 amide bonds. The van der Waals surface area contributed by atoms with E-state index < -0.39 is 12.1 Å². The topological polar surface area (TPSA) is 66.4 Å². The fourth-order valence-electron chi connectivity index (χ4n) is 0.912. The molecule has 0 aliphatic carbocycles. The summed E-state index contributed by atoms with van der Waals surface area (Å²) in [4.78, 5) is 19.6. The van der Waals surface area contributed by atoms with E-state index in [1.54, 1.807) is 0 Å². The van der Waals surface area contributed by atoms with Crippen molar-refractivity contribution in [2.75, 3.05) is 6.54 Å². The minimum absolute atomic E-state index is 0.115. The molecule has 2 N–H and O–H groups in total. The number of nitrogens with one attached hydrogen (secondary N) is 1. The molecule has 0 spiro atoms. The number of halogens is 3. The van der Waals surface area contributed by atoms with E-state index in [1.165, 1.54) is 0 Å². The molecule has 1 aliphatic heterocycles. The first-order valence-corrected chi connectivity index (χ1v) is 4.31. The molecule has 7 heteroatoms. The molecule has 1 fully saturated rings. The van der Waals surface area contributed by atoms with E-state index in [1.807, 2.05) is 6.92 Å². The lowest BCUT2D eigenvalue weighted by Crippen LogP contribution is -2.39. The average Bonchev–Trinajstić information content (AvgIpc) is 2.09. The van der Waals surface area contributed by atoms with Crippen molar-refractivity contribution < 1.29 is 27.9 Å². The van der Waals surface area contributed by atoms with Crippen molar-refractivity contribution >= 4 is 11.8 Å². The second-order valence-corrected chi connectivity index (χ2v) is 3.05. The van der Waals surface area contributed by atoms with Crippen LogP contribution in [0.2, 0.25) is 0 Å². The maximum Gasteiger partial charge on any atom is 0.490 e. The number of piperidine rings is 1. The molecule has 1 heterocycles. The lowest BCUT2D eigenvalue weighted by Gasteiger charge is -2.17. The summed E-state index contributed by atoms with van der Waals surface area (Å²) >= 11 is 0. The number of carbonyl (C=O) groups is 2. The van der Waals surface area contributed by atoms with Gasteiger partial charge in [0.1, 0.15) is 5.78 Å². The zero-order valence-corrected chi connectivity index (χ0v) is 8.10. The quantitative estimate of drug-likeness (QED) is 0.646. The van der Waals surface area contributed by atoms with Gasteiger partial charge in [0.2, 0.25) is 0 Å². The molecule has 4 nitrogen and oxygen atoms in total. The molecule has 0 bridgehead atoms. The lowest BCUT2D eigenvalue weighted by molar-refractivity contribution is -0.192. The van der Waals surface area contributed by atoms with E-state index in [4.69, 9.17) is 9.90 Å². The molecule has 0 aromatic carbocycles. The first-order valence-electron chi connectivity index (χ1n) is 4.31. The number of aliphatic carboxylic acids is 1. The molecule has 0 radical (unpaired) electrons. The fraction of sp³-hybridized carbons (Fsp3) is 0.750. The first kappa shape index (κ1) is 13.9. The van der Waals surface area contributed by atoms with Crippen LogP contribution in [0.5, 0.6) is 0 Å². The standard InChI is InChI=1S/C6H11NO.C2HF3O2/c1-5-6(8)3-2-4-7-5;3-2(4,5)1(6)7/h5,7H,2-4H2,1H3;(H,6,7). The molecular weight excluding hydrogens is 215 g/mol. The van der Waals surface area contributed by atoms with E-state index in [9.17, 15) is 18.0 Å². The van der Waals surface area contributed by atoms with Gasteiger partial charge < -0.3 is 10.4 Å². The maximum absolute atomic E-state index is 10.7. The van der Waals surface area contributed by atoms with Gasteiger partial charge in [-0.1, -0.05) is 0 Å². The molecule has 1 atom stereocenters. The molecule has 88 valence electrons. The van der Waals surface area contributed by atoms with E-state index in [0.717, 1.165) is 19.4 Å². The molecule has 1 aliphatic rings. The highest BCUT2D eigenvalue weighted by atomic mass is 19.4. The number of alkyl halides is 3. The Balaban J connectivity index is 0.000000265. The molecule has 15 heavy (non-hydrogen) atoms. The summed E-state index contributed by atoms with van der Waals surface area (Å²) < 4.78 is 31.7. The summed E-state index contributed by atoms with van der Waals surface area (Å²) in [6.07, 6.45) is -3.29. The second-order valence-electron chi connectivity index (χ2n) is 3.05. The van der Waals surface area contributed by atoms with Crippen LogP contribution in [0.1, 0.15) is 19.8 Å². The SMILES string of the molecule is CC1NCCCC1=O.O=C(O)C(F)(F)F. The minimum Gasteiger partial charge on any atom is -0.475 e. The predicted octanol–water partition coefficient (Wildman–Crippen LogP) is 0.961. The van der Waals surface area contributed by atoms with Gasteiger partial charge in [0.05, 0.1) is 6.04 Å². The summed E-state index contributed by atoms with van der Waals surface area (Å²) in [6, 6.07) is 0.115. The summed E-state index contributed by atoms with van der Waals surface area (Å²) in [5, 5.41) is 10.2. The molecule has 0 aromatic heterocycles. The number of ketones is 1. The third-order valence-electron chi connectivity index (χ3n) is 1.78. The minimum atomic E-state index is -5.08. The highest BCUT2D eigenvalue weighted by Crippen LogP contribution is 2.13. The Hall–Kier alpha value is -1.11. The Morgan fingerprint density at radius 1 is 1.53 bits per heavy atom. The Morgan fingerprint density at radius 3 is 2.20 bits per heavy atom. The molecule has 0 aromatic rings. The van der Waals surface area contributed by atoms with Crippen molar-refractivity contribution in [3.05, 3.63) is 0 Å². The van der Waals surface area contributed by atoms with Crippen molar-refractivity contribution in [1.82, 2.24) is 5.32 Å². The number of hydrogen-bond donors (Lipinski definition) is 2. The van der Waals surface area contributed by atoms with Gasteiger partial charge in [-0.15, -0.1) is 0 Å². The van der Waals surface area contributed by atoms with Crippen LogP contribution in [0.3, 0.4) is 0 Å². The number of Topliss-reactive ketones (excluding diaryl/α,β-unsaturated/α-hetero) is 1. The van der Waals surface area contributed by atoms with Gasteiger partial charge >= 0.3 is 12.1 Å². The lowest BCUT2D eigenvalue weighted by atomic mass is 10.1. The van der Waals surface area contributed by atoms with Crippen molar-refractivity contribution in [1.29, 1.82) is 0 Å². The van der Waals surface area contributed by atoms with Crippen molar-refractivity contribution in [3.63, 3.8) is 0 Å². The average molecular weight is 227 g/mol. The smallest absolute Gasteiger partial charge is 0.475 e. The van der Waals surface area contributed by atoms with Gasteiger partial charge in [-0.05, 0) is 19.9 Å². The van der Waals surface area contributed by atoms with Crippen molar-refractivity contribution in [3.8, 4) is 0 Å². The van der Waals surface area contributed by atoms with Crippen LogP contribution < -0.4 is 5.32 Å². The van der Waals surface area contributed by atoms with E-state index in [2.05, 4.69) is 5.32 Å². The zero-order valence-electron chi connectivity index (χ0n) is 8.10. The predicted molar refractivity (Wildman–Crippen MR) is 45.4 cm³/mol. The first-order chi connectivity index (χ1) is 6.75. The van der Waals surface area contributed by atoms with Crippen molar-refractivity contribution in [2.45, 2.75) is 32.0 Å². The Kier molecular flexibility index (Phi) is 5.27. The highest BCUT2D eigenvalue weighted by molar-refractivity contribution is 5.84. The highest BCUT2D eigenvalue weighted by Gasteiger charge is 2.38. The number of carboxylic acids is 1. The molecular formula is C8H12F3NO3. The fourth-order valence-corrected chi connectivity index (χ4v) is 0.912. The van der Waals surface area contributed by atoms with Crippen LogP contribution in [0.4, 0.5) is 13.2 Å². The summed E-state index contributed by atoms with van der Waals surface area (Å²) in [7, 11) is 0. The Morgan fingerprint density at radius 2 is 2.00 bits per heavy atom. The van der Waals surface area contributed by atoms with Gasteiger partial charge in [0.25, 0.3) is 0 Å². The van der Waals surface area contributed by atoms with Crippen LogP contribution in [0.25, 0.3) is 0 Å². The van der Waals surface area contributed by atoms with Crippen molar-refractivity contribution in [2.24, 2.45) is 0 Å². The molecule has 1 rings (SSSR count). The number of hydrogen-bond acceptors (Lipinski definition) is 3. The van der Waals surface area contributed by atoms with Gasteiger partial charge in [0.15, 0.2) is 0 Å². The maximum atomic E-state index is 10.7. The van der Waals surface area contributed by atoms with Gasteiger partial charge in [0, 0.05) is 6.42 Å². The van der Waals surface area contributed by atoms with Gasteiger partial charge in [-0.2, -0.15) is 13.2 Å². The monoisotopic (exact) mass is 227 g/mol. The zero-order chi connectivity index (χ0) is 12.1. The largest absolute Gasteiger partial charge is 0.490 e. The molecule has 1 unspecified atom stereocenters. The van der Waals surface area contributed by atoms with Crippen LogP contribution in [-0.4, -0.2) is 35.6 Å². The van der Waals surface area contributed by atoms with Crippen LogP contribution in [0, 0.1) is 0 Å². The van der Waals surface area contributed by atoms with Crippen LogP contribution in [0.15, 0.2) is 0 Å². The Bertz CT molecular complexity index is 240. The summed E-state index contributed by atoms with van der Waals surface area (Å²) in [5.41, 5.74) is 0. The molecule has 0 saturated carbocycles. The third kappa shape index (κ3) is 6.05.